The van der Waals surface area contributed by atoms with Gasteiger partial charge in [0.2, 0.25) is 0 Å². The molecular weight excluding hydrogens is 248 g/mol. The van der Waals surface area contributed by atoms with Crippen LogP contribution in [0, 0.1) is 6.92 Å². The van der Waals surface area contributed by atoms with Crippen molar-refractivity contribution in [2.24, 2.45) is 0 Å². The highest BCUT2D eigenvalue weighted by Crippen LogP contribution is 2.20. The third kappa shape index (κ3) is 3.24. The summed E-state index contributed by atoms with van der Waals surface area (Å²) in [6.07, 6.45) is 3.43. The van der Waals surface area contributed by atoms with E-state index in [0.29, 0.717) is 23.2 Å². The molecule has 1 saturated heterocycles. The molecule has 1 aromatic carbocycles. The Balaban J connectivity index is 1.85. The molecule has 1 fully saturated rings. The molecule has 98 valence electrons. The summed E-state index contributed by atoms with van der Waals surface area (Å²) in [5.41, 5.74) is 1.50. The normalized spacial score (nSPS) is 18.9. The lowest BCUT2D eigenvalue weighted by molar-refractivity contribution is 0.0952. The predicted molar refractivity (Wildman–Crippen MR) is 74.2 cm³/mol. The Kier molecular flexibility index (Phi) is 4.61. The van der Waals surface area contributed by atoms with E-state index in [0.717, 1.165) is 18.5 Å². The molecule has 1 aromatic rings. The first-order valence-corrected chi connectivity index (χ1v) is 6.83. The number of halogens is 1. The minimum absolute atomic E-state index is 0.0818. The van der Waals surface area contributed by atoms with Crippen LogP contribution in [0.25, 0.3) is 0 Å². The first-order valence-electron chi connectivity index (χ1n) is 6.45. The van der Waals surface area contributed by atoms with E-state index in [1.54, 1.807) is 6.07 Å². The lowest BCUT2D eigenvalue weighted by Crippen LogP contribution is -2.30. The Morgan fingerprint density at radius 3 is 3.11 bits per heavy atom. The van der Waals surface area contributed by atoms with Gasteiger partial charge >= 0.3 is 0 Å². The number of benzene rings is 1. The highest BCUT2D eigenvalue weighted by atomic mass is 35.5. The van der Waals surface area contributed by atoms with E-state index in [1.165, 1.54) is 12.8 Å². The Hall–Kier alpha value is -1.06. The van der Waals surface area contributed by atoms with Crippen LogP contribution in [-0.2, 0) is 0 Å². The van der Waals surface area contributed by atoms with Crippen LogP contribution in [0.1, 0.15) is 35.2 Å². The molecule has 0 aromatic heterocycles. The first kappa shape index (κ1) is 13.4. The van der Waals surface area contributed by atoms with E-state index in [1.807, 2.05) is 19.1 Å². The van der Waals surface area contributed by atoms with Gasteiger partial charge in [-0.3, -0.25) is 4.79 Å². The number of rotatable bonds is 4. The summed E-state index contributed by atoms with van der Waals surface area (Å²) in [5, 5.41) is 6.89. The van der Waals surface area contributed by atoms with Gasteiger partial charge in [-0.15, -0.1) is 0 Å². The molecule has 0 spiro atoms. The van der Waals surface area contributed by atoms with Gasteiger partial charge in [-0.1, -0.05) is 23.7 Å². The standard InChI is InChI=1S/C14H19ClN2O/c1-10-4-2-6-12(13(10)15)14(18)17-9-7-11-5-3-8-16-11/h2,4,6,11,16H,3,5,7-9H2,1H3,(H,17,18)/t11-/m1/s1. The second kappa shape index (κ2) is 6.21. The summed E-state index contributed by atoms with van der Waals surface area (Å²) < 4.78 is 0. The van der Waals surface area contributed by atoms with Gasteiger partial charge in [-0.25, -0.2) is 0 Å². The van der Waals surface area contributed by atoms with Gasteiger partial charge < -0.3 is 10.6 Å². The molecule has 0 saturated carbocycles. The van der Waals surface area contributed by atoms with Crippen LogP contribution in [0.2, 0.25) is 5.02 Å². The zero-order valence-electron chi connectivity index (χ0n) is 10.6. The van der Waals surface area contributed by atoms with Crippen LogP contribution in [0.5, 0.6) is 0 Å². The first-order chi connectivity index (χ1) is 8.68. The summed E-state index contributed by atoms with van der Waals surface area (Å²) in [6.45, 7) is 3.70. The molecule has 1 aliphatic heterocycles. The van der Waals surface area contributed by atoms with Gasteiger partial charge in [0.05, 0.1) is 10.6 Å². The van der Waals surface area contributed by atoms with Crippen molar-refractivity contribution in [1.29, 1.82) is 0 Å². The van der Waals surface area contributed by atoms with Crippen molar-refractivity contribution in [2.75, 3.05) is 13.1 Å². The van der Waals surface area contributed by atoms with Crippen LogP contribution in [0.15, 0.2) is 18.2 Å². The summed E-state index contributed by atoms with van der Waals surface area (Å²) in [4.78, 5) is 12.0. The molecule has 1 heterocycles. The molecule has 0 bridgehead atoms. The molecule has 18 heavy (non-hydrogen) atoms. The van der Waals surface area contributed by atoms with Crippen LogP contribution in [0.4, 0.5) is 0 Å². The zero-order chi connectivity index (χ0) is 13.0. The monoisotopic (exact) mass is 266 g/mol. The Morgan fingerprint density at radius 2 is 2.39 bits per heavy atom. The molecule has 3 nitrogen and oxygen atoms in total. The number of hydrogen-bond acceptors (Lipinski definition) is 2. The number of aryl methyl sites for hydroxylation is 1. The van der Waals surface area contributed by atoms with Gasteiger partial charge in [0.15, 0.2) is 0 Å². The average Bonchev–Trinajstić information content (AvgIpc) is 2.85. The summed E-state index contributed by atoms with van der Waals surface area (Å²) in [6, 6.07) is 6.08. The molecule has 1 amide bonds. The third-order valence-electron chi connectivity index (χ3n) is 3.38. The summed E-state index contributed by atoms with van der Waals surface area (Å²) in [5.74, 6) is -0.0818. The highest BCUT2D eigenvalue weighted by molar-refractivity contribution is 6.34. The lowest BCUT2D eigenvalue weighted by atomic mass is 10.1. The molecular formula is C14H19ClN2O. The minimum Gasteiger partial charge on any atom is -0.352 e. The Bertz CT molecular complexity index is 428. The Labute approximate surface area is 113 Å². The fraction of sp³-hybridized carbons (Fsp3) is 0.500. The summed E-state index contributed by atoms with van der Waals surface area (Å²) >= 11 is 6.12. The third-order valence-corrected chi connectivity index (χ3v) is 3.88. The fourth-order valence-corrected chi connectivity index (χ4v) is 2.49. The number of carbonyl (C=O) groups is 1. The number of hydrogen-bond donors (Lipinski definition) is 2. The molecule has 0 radical (unpaired) electrons. The van der Waals surface area contributed by atoms with Crippen molar-refractivity contribution in [3.05, 3.63) is 34.3 Å². The van der Waals surface area contributed by atoms with Crippen molar-refractivity contribution < 1.29 is 4.79 Å². The lowest BCUT2D eigenvalue weighted by Gasteiger charge is -2.11. The predicted octanol–water partition coefficient (Wildman–Crippen LogP) is 2.52. The van der Waals surface area contributed by atoms with Crippen molar-refractivity contribution in [3.8, 4) is 0 Å². The minimum atomic E-state index is -0.0818. The molecule has 0 unspecified atom stereocenters. The maximum atomic E-state index is 12.0. The van der Waals surface area contributed by atoms with E-state index in [2.05, 4.69) is 10.6 Å². The van der Waals surface area contributed by atoms with Gasteiger partial charge in [0.25, 0.3) is 5.91 Å². The smallest absolute Gasteiger partial charge is 0.252 e. The van der Waals surface area contributed by atoms with Gasteiger partial charge in [0, 0.05) is 12.6 Å². The van der Waals surface area contributed by atoms with Crippen molar-refractivity contribution in [1.82, 2.24) is 10.6 Å². The maximum absolute atomic E-state index is 12.0. The van der Waals surface area contributed by atoms with E-state index >= 15 is 0 Å². The molecule has 2 rings (SSSR count). The fourth-order valence-electron chi connectivity index (χ4n) is 2.28. The van der Waals surface area contributed by atoms with Crippen LogP contribution in [-0.4, -0.2) is 25.0 Å². The van der Waals surface area contributed by atoms with Crippen molar-refractivity contribution in [2.45, 2.75) is 32.2 Å². The molecule has 1 aliphatic rings. The highest BCUT2D eigenvalue weighted by Gasteiger charge is 2.15. The zero-order valence-corrected chi connectivity index (χ0v) is 11.4. The SMILES string of the molecule is Cc1cccc(C(=O)NCC[C@H]2CCCN2)c1Cl. The molecule has 4 heteroatoms. The topological polar surface area (TPSA) is 41.1 Å². The van der Waals surface area contributed by atoms with Gasteiger partial charge in [-0.2, -0.15) is 0 Å². The molecule has 2 N–H and O–H groups in total. The Morgan fingerprint density at radius 1 is 1.56 bits per heavy atom. The van der Waals surface area contributed by atoms with Crippen LogP contribution < -0.4 is 10.6 Å². The number of carbonyl (C=O) groups excluding carboxylic acids is 1. The second-order valence-corrected chi connectivity index (χ2v) is 5.15. The van der Waals surface area contributed by atoms with E-state index < -0.39 is 0 Å². The van der Waals surface area contributed by atoms with E-state index in [-0.39, 0.29) is 5.91 Å². The molecule has 0 aliphatic carbocycles. The van der Waals surface area contributed by atoms with E-state index in [4.69, 9.17) is 11.6 Å². The van der Waals surface area contributed by atoms with Gasteiger partial charge in [0.1, 0.15) is 0 Å². The second-order valence-electron chi connectivity index (χ2n) is 4.77. The van der Waals surface area contributed by atoms with Crippen LogP contribution in [0.3, 0.4) is 0 Å². The van der Waals surface area contributed by atoms with Crippen LogP contribution >= 0.6 is 11.6 Å². The van der Waals surface area contributed by atoms with Gasteiger partial charge in [-0.05, 0) is 44.4 Å². The molecule has 1 atom stereocenters. The average molecular weight is 267 g/mol. The van der Waals surface area contributed by atoms with Crippen molar-refractivity contribution in [3.63, 3.8) is 0 Å². The number of nitrogens with one attached hydrogen (secondary N) is 2. The summed E-state index contributed by atoms with van der Waals surface area (Å²) in [7, 11) is 0. The largest absolute Gasteiger partial charge is 0.352 e. The maximum Gasteiger partial charge on any atom is 0.252 e. The van der Waals surface area contributed by atoms with E-state index in [9.17, 15) is 4.79 Å². The van der Waals surface area contributed by atoms with Crippen molar-refractivity contribution >= 4 is 17.5 Å². The number of amides is 1. The quantitative estimate of drug-likeness (QED) is 0.879.